The van der Waals surface area contributed by atoms with Crippen molar-refractivity contribution in [3.63, 3.8) is 0 Å². The summed E-state index contributed by atoms with van der Waals surface area (Å²) >= 11 is 0. The second-order valence-corrected chi connectivity index (χ2v) is 12.4. The Morgan fingerprint density at radius 2 is 1.05 bits per heavy atom. The van der Waals surface area contributed by atoms with Gasteiger partial charge >= 0.3 is 11.9 Å². The molecule has 226 valence electrons. The van der Waals surface area contributed by atoms with Gasteiger partial charge in [0.05, 0.1) is 0 Å². The first kappa shape index (κ1) is 29.0. The molecule has 2 aromatic rings. The Hall–Kier alpha value is -3.10. The van der Waals surface area contributed by atoms with Crippen molar-refractivity contribution in [1.82, 2.24) is 10.6 Å². The Bertz CT molecular complexity index is 1140. The maximum Gasteiger partial charge on any atom is 0.423 e. The van der Waals surface area contributed by atoms with Crippen LogP contribution in [0.4, 0.5) is 0 Å². The summed E-state index contributed by atoms with van der Waals surface area (Å²) in [4.78, 5) is 25.2. The summed E-state index contributed by atoms with van der Waals surface area (Å²) in [6.45, 7) is 1.62. The van der Waals surface area contributed by atoms with Gasteiger partial charge in [0.15, 0.2) is 0 Å². The number of rotatable bonds is 8. The molecule has 2 atom stereocenters. The lowest BCUT2D eigenvalue weighted by atomic mass is 9.95. The highest BCUT2D eigenvalue weighted by atomic mass is 16.6. The van der Waals surface area contributed by atoms with E-state index in [2.05, 4.69) is 10.6 Å². The van der Waals surface area contributed by atoms with Gasteiger partial charge in [-0.25, -0.2) is 9.59 Å². The third kappa shape index (κ3) is 7.64. The molecule has 2 saturated carbocycles. The average Bonchev–Trinajstić information content (AvgIpc) is 3.03. The molecule has 6 rings (SSSR count). The second kappa shape index (κ2) is 13.9. The molecule has 2 unspecified atom stereocenters. The molecule has 2 N–H and O–H groups in total. The number of carbonyl (C=O) groups excluding carboxylic acids is 2. The number of aryl methyl sites for hydroxylation is 2. The van der Waals surface area contributed by atoms with Crippen LogP contribution in [0.1, 0.15) is 88.2 Å². The largest absolute Gasteiger partial charge is 0.489 e. The van der Waals surface area contributed by atoms with E-state index in [0.717, 1.165) is 49.9 Å². The number of benzene rings is 2. The van der Waals surface area contributed by atoms with Crippen LogP contribution in [0.3, 0.4) is 0 Å². The molecule has 8 heteroatoms. The zero-order valence-electron chi connectivity index (χ0n) is 24.5. The van der Waals surface area contributed by atoms with Crippen molar-refractivity contribution in [2.24, 2.45) is 0 Å². The summed E-state index contributed by atoms with van der Waals surface area (Å²) < 4.78 is 23.2. The number of carbonyl (C=O) groups is 2. The fourth-order valence-corrected chi connectivity index (χ4v) is 6.73. The Labute approximate surface area is 248 Å². The Morgan fingerprint density at radius 3 is 1.48 bits per heavy atom. The monoisotopic (exact) mass is 576 g/mol. The molecule has 42 heavy (non-hydrogen) atoms. The van der Waals surface area contributed by atoms with Crippen molar-refractivity contribution in [2.75, 3.05) is 13.1 Å². The van der Waals surface area contributed by atoms with Crippen LogP contribution in [-0.4, -0.2) is 49.3 Å². The molecule has 0 saturated heterocycles. The van der Waals surface area contributed by atoms with Crippen molar-refractivity contribution in [2.45, 2.75) is 114 Å². The minimum Gasteiger partial charge on any atom is -0.489 e. The van der Waals surface area contributed by atoms with Crippen LogP contribution in [0, 0.1) is 0 Å². The molecular weight excluding hydrogens is 532 g/mol. The van der Waals surface area contributed by atoms with Gasteiger partial charge in [-0.1, -0.05) is 50.7 Å². The van der Waals surface area contributed by atoms with E-state index in [1.165, 1.54) is 64.2 Å². The maximum atomic E-state index is 12.6. The Balaban J connectivity index is 0.992. The maximum absolute atomic E-state index is 12.6. The van der Waals surface area contributed by atoms with Gasteiger partial charge in [0.1, 0.15) is 35.2 Å². The lowest BCUT2D eigenvalue weighted by Gasteiger charge is -2.29. The van der Waals surface area contributed by atoms with Gasteiger partial charge in [-0.3, -0.25) is 0 Å². The number of ether oxygens (including phenoxy) is 4. The fourth-order valence-electron chi connectivity index (χ4n) is 6.73. The molecule has 0 amide bonds. The molecule has 0 radical (unpaired) electrons. The summed E-state index contributed by atoms with van der Waals surface area (Å²) in [5, 5.41) is 7.33. The topological polar surface area (TPSA) is 95.1 Å². The van der Waals surface area contributed by atoms with Gasteiger partial charge in [-0.15, -0.1) is 0 Å². The molecule has 8 nitrogen and oxygen atoms in total. The summed E-state index contributed by atoms with van der Waals surface area (Å²) in [7, 11) is 0. The summed E-state index contributed by atoms with van der Waals surface area (Å²) in [5.41, 5.74) is 2.15. The average molecular weight is 577 g/mol. The van der Waals surface area contributed by atoms with Crippen LogP contribution < -0.4 is 29.6 Å². The van der Waals surface area contributed by atoms with E-state index in [-0.39, 0.29) is 23.7 Å². The molecule has 2 fully saturated rings. The SMILES string of the molecule is O=C(Oc1ccc2c(c1)OC(CNC1CCCCC1)CC2)C(=O)Oc1ccc2c(c1)OC(CNC1CCCCC1)CC2. The molecule has 0 bridgehead atoms. The summed E-state index contributed by atoms with van der Waals surface area (Å²) in [6.07, 6.45) is 16.6. The van der Waals surface area contributed by atoms with E-state index < -0.39 is 11.9 Å². The van der Waals surface area contributed by atoms with Gasteiger partial charge in [0, 0.05) is 37.3 Å². The molecule has 2 aliphatic carbocycles. The Kier molecular flexibility index (Phi) is 9.61. The second-order valence-electron chi connectivity index (χ2n) is 12.4. The van der Waals surface area contributed by atoms with E-state index in [1.807, 2.05) is 12.1 Å². The van der Waals surface area contributed by atoms with Gasteiger partial charge in [-0.05, 0) is 74.6 Å². The van der Waals surface area contributed by atoms with Crippen LogP contribution in [0.2, 0.25) is 0 Å². The van der Waals surface area contributed by atoms with Crippen molar-refractivity contribution < 1.29 is 28.5 Å². The molecule has 0 spiro atoms. The highest BCUT2D eigenvalue weighted by molar-refractivity contribution is 6.31. The van der Waals surface area contributed by atoms with Gasteiger partial charge in [-0.2, -0.15) is 0 Å². The zero-order valence-corrected chi connectivity index (χ0v) is 24.5. The molecule has 0 aromatic heterocycles. The van der Waals surface area contributed by atoms with Gasteiger partial charge in [0.2, 0.25) is 0 Å². The van der Waals surface area contributed by atoms with Crippen LogP contribution in [0.15, 0.2) is 36.4 Å². The summed E-state index contributed by atoms with van der Waals surface area (Å²) in [5.74, 6) is -0.217. The lowest BCUT2D eigenvalue weighted by Crippen LogP contribution is -2.40. The first-order chi connectivity index (χ1) is 20.6. The highest BCUT2D eigenvalue weighted by Gasteiger charge is 2.26. The third-order valence-corrected chi connectivity index (χ3v) is 9.20. The predicted octanol–water partition coefficient (Wildman–Crippen LogP) is 5.43. The number of fused-ring (bicyclic) bond motifs is 2. The standard InChI is InChI=1S/C34H44N2O6/c37-33(41-27-15-11-23-13-17-29(39-31(23)19-27)21-35-25-7-3-1-4-8-25)34(38)42-28-16-12-24-14-18-30(40-32(24)20-28)22-36-26-9-5-2-6-10-26/h11-12,15-16,19-20,25-26,29-30,35-36H,1-10,13-14,17-18,21-22H2. The minimum atomic E-state index is -1.07. The van der Waals surface area contributed by atoms with Gasteiger partial charge in [0.25, 0.3) is 0 Å². The number of esters is 2. The Morgan fingerprint density at radius 1 is 0.619 bits per heavy atom. The number of hydrogen-bond acceptors (Lipinski definition) is 8. The zero-order chi connectivity index (χ0) is 28.7. The summed E-state index contributed by atoms with van der Waals surface area (Å²) in [6, 6.07) is 11.7. The lowest BCUT2D eigenvalue weighted by molar-refractivity contribution is -0.156. The molecular formula is C34H44N2O6. The molecule has 2 heterocycles. The number of nitrogens with one attached hydrogen (secondary N) is 2. The van der Waals surface area contributed by atoms with Gasteiger partial charge < -0.3 is 29.6 Å². The predicted molar refractivity (Wildman–Crippen MR) is 159 cm³/mol. The van der Waals surface area contributed by atoms with Crippen molar-refractivity contribution >= 4 is 11.9 Å². The first-order valence-electron chi connectivity index (χ1n) is 16.1. The third-order valence-electron chi connectivity index (χ3n) is 9.20. The number of hydrogen-bond donors (Lipinski definition) is 2. The molecule has 2 aromatic carbocycles. The van der Waals surface area contributed by atoms with Crippen LogP contribution in [0.25, 0.3) is 0 Å². The first-order valence-corrected chi connectivity index (χ1v) is 16.1. The van der Waals surface area contributed by atoms with Crippen LogP contribution >= 0.6 is 0 Å². The van der Waals surface area contributed by atoms with E-state index in [0.29, 0.717) is 23.6 Å². The van der Waals surface area contributed by atoms with E-state index >= 15 is 0 Å². The molecule has 4 aliphatic rings. The van der Waals surface area contributed by atoms with Crippen molar-refractivity contribution in [1.29, 1.82) is 0 Å². The van der Waals surface area contributed by atoms with E-state index in [9.17, 15) is 9.59 Å². The van der Waals surface area contributed by atoms with Crippen LogP contribution in [-0.2, 0) is 22.4 Å². The highest BCUT2D eigenvalue weighted by Crippen LogP contribution is 2.33. The smallest absolute Gasteiger partial charge is 0.423 e. The van der Waals surface area contributed by atoms with Crippen LogP contribution in [0.5, 0.6) is 23.0 Å². The van der Waals surface area contributed by atoms with E-state index in [1.54, 1.807) is 24.3 Å². The molecule has 2 aliphatic heterocycles. The van der Waals surface area contributed by atoms with Crippen molar-refractivity contribution in [3.8, 4) is 23.0 Å². The minimum absolute atomic E-state index is 0.0733. The fraction of sp³-hybridized carbons (Fsp3) is 0.588. The quantitative estimate of drug-likeness (QED) is 0.244. The normalized spacial score (nSPS) is 22.7. The van der Waals surface area contributed by atoms with E-state index in [4.69, 9.17) is 18.9 Å². The van der Waals surface area contributed by atoms with Crippen molar-refractivity contribution in [3.05, 3.63) is 47.5 Å².